The lowest BCUT2D eigenvalue weighted by atomic mass is 10.4. The highest BCUT2D eigenvalue weighted by molar-refractivity contribution is 7.15. The number of anilines is 1. The first kappa shape index (κ1) is 14.2. The molecule has 0 spiro atoms. The fraction of sp³-hybridized carbons (Fsp3) is 0.333. The molecule has 2 heterocycles. The lowest BCUT2D eigenvalue weighted by Crippen LogP contribution is -2.27. The molecule has 1 amide bonds. The quantitative estimate of drug-likeness (QED) is 0.890. The minimum absolute atomic E-state index is 0.0988. The molecule has 0 aromatic carbocycles. The van der Waals surface area contributed by atoms with Gasteiger partial charge in [0, 0.05) is 6.20 Å². The third kappa shape index (κ3) is 3.41. The van der Waals surface area contributed by atoms with Gasteiger partial charge in [0.1, 0.15) is 11.6 Å². The van der Waals surface area contributed by atoms with Gasteiger partial charge in [0.15, 0.2) is 5.75 Å². The molecule has 106 valence electrons. The molecule has 8 heteroatoms. The monoisotopic (exact) mass is 294 g/mol. The van der Waals surface area contributed by atoms with E-state index >= 15 is 0 Å². The van der Waals surface area contributed by atoms with E-state index in [1.54, 1.807) is 26.0 Å². The fourth-order valence-electron chi connectivity index (χ4n) is 1.57. The molecule has 0 bridgehead atoms. The van der Waals surface area contributed by atoms with E-state index in [0.717, 1.165) is 5.01 Å². The third-order valence-electron chi connectivity index (χ3n) is 2.37. The SMILES string of the molecule is CCOc1cccn(CC(=O)Nc2nnc(C)s2)c1=O. The van der Waals surface area contributed by atoms with Crippen LogP contribution in [0.4, 0.5) is 5.13 Å². The van der Waals surface area contributed by atoms with E-state index in [4.69, 9.17) is 4.74 Å². The average molecular weight is 294 g/mol. The Hall–Kier alpha value is -2.22. The zero-order valence-corrected chi connectivity index (χ0v) is 11.9. The highest BCUT2D eigenvalue weighted by atomic mass is 32.1. The number of hydrogen-bond donors (Lipinski definition) is 1. The van der Waals surface area contributed by atoms with Crippen molar-refractivity contribution in [1.29, 1.82) is 0 Å². The van der Waals surface area contributed by atoms with Crippen molar-refractivity contribution in [2.45, 2.75) is 20.4 Å². The first-order valence-electron chi connectivity index (χ1n) is 6.02. The molecule has 0 aliphatic rings. The number of aromatic nitrogens is 3. The molecule has 0 saturated heterocycles. The van der Waals surface area contributed by atoms with Crippen molar-refractivity contribution in [1.82, 2.24) is 14.8 Å². The maximum Gasteiger partial charge on any atom is 0.293 e. The van der Waals surface area contributed by atoms with Crippen molar-refractivity contribution in [3.8, 4) is 5.75 Å². The third-order valence-corrected chi connectivity index (χ3v) is 3.13. The Morgan fingerprint density at radius 2 is 2.30 bits per heavy atom. The second-order valence-corrected chi connectivity index (χ2v) is 5.09. The van der Waals surface area contributed by atoms with E-state index in [1.807, 2.05) is 0 Å². The summed E-state index contributed by atoms with van der Waals surface area (Å²) in [6, 6.07) is 3.24. The van der Waals surface area contributed by atoms with Crippen LogP contribution in [0.1, 0.15) is 11.9 Å². The fourth-order valence-corrected chi connectivity index (χ4v) is 2.17. The molecule has 0 fully saturated rings. The number of rotatable bonds is 5. The zero-order chi connectivity index (χ0) is 14.5. The van der Waals surface area contributed by atoms with Crippen molar-refractivity contribution < 1.29 is 9.53 Å². The van der Waals surface area contributed by atoms with Crippen molar-refractivity contribution in [2.24, 2.45) is 0 Å². The summed E-state index contributed by atoms with van der Waals surface area (Å²) in [5.41, 5.74) is -0.335. The molecule has 0 atom stereocenters. The predicted molar refractivity (Wildman–Crippen MR) is 75.1 cm³/mol. The molecule has 2 aromatic heterocycles. The number of nitrogens with one attached hydrogen (secondary N) is 1. The van der Waals surface area contributed by atoms with Crippen LogP contribution in [0.3, 0.4) is 0 Å². The van der Waals surface area contributed by atoms with Gasteiger partial charge in [-0.3, -0.25) is 14.9 Å². The van der Waals surface area contributed by atoms with Crippen LogP contribution in [0.5, 0.6) is 5.75 Å². The molecule has 1 N–H and O–H groups in total. The minimum Gasteiger partial charge on any atom is -0.488 e. The van der Waals surface area contributed by atoms with Crippen LogP contribution in [-0.2, 0) is 11.3 Å². The maximum atomic E-state index is 12.0. The van der Waals surface area contributed by atoms with Gasteiger partial charge in [-0.2, -0.15) is 0 Å². The van der Waals surface area contributed by atoms with Crippen LogP contribution in [0, 0.1) is 6.92 Å². The highest BCUT2D eigenvalue weighted by Gasteiger charge is 2.10. The van der Waals surface area contributed by atoms with E-state index in [9.17, 15) is 9.59 Å². The smallest absolute Gasteiger partial charge is 0.293 e. The van der Waals surface area contributed by atoms with Crippen molar-refractivity contribution >= 4 is 22.4 Å². The predicted octanol–water partition coefficient (Wildman–Crippen LogP) is 1.05. The summed E-state index contributed by atoms with van der Waals surface area (Å²) in [4.78, 5) is 23.8. The number of carbonyl (C=O) groups excluding carboxylic acids is 1. The zero-order valence-electron chi connectivity index (χ0n) is 11.1. The molecular formula is C12H14N4O3S. The number of aryl methyl sites for hydroxylation is 1. The van der Waals surface area contributed by atoms with Gasteiger partial charge in [-0.25, -0.2) is 0 Å². The van der Waals surface area contributed by atoms with Crippen LogP contribution in [0.15, 0.2) is 23.1 Å². The summed E-state index contributed by atoms with van der Waals surface area (Å²) in [6.45, 7) is 3.89. The van der Waals surface area contributed by atoms with E-state index in [1.165, 1.54) is 22.1 Å². The van der Waals surface area contributed by atoms with Crippen LogP contribution in [0.2, 0.25) is 0 Å². The van der Waals surface area contributed by atoms with Gasteiger partial charge in [-0.15, -0.1) is 10.2 Å². The lowest BCUT2D eigenvalue weighted by molar-refractivity contribution is -0.116. The molecule has 0 aliphatic heterocycles. The van der Waals surface area contributed by atoms with Crippen LogP contribution in [-0.4, -0.2) is 27.3 Å². The standard InChI is InChI=1S/C12H14N4O3S/c1-3-19-9-5-4-6-16(11(9)18)7-10(17)13-12-15-14-8(2)20-12/h4-6H,3,7H2,1-2H3,(H,13,15,17). The summed E-state index contributed by atoms with van der Waals surface area (Å²) in [5, 5.41) is 11.4. The van der Waals surface area contributed by atoms with Crippen molar-refractivity contribution in [2.75, 3.05) is 11.9 Å². The molecule has 0 aliphatic carbocycles. The van der Waals surface area contributed by atoms with E-state index in [2.05, 4.69) is 15.5 Å². The summed E-state index contributed by atoms with van der Waals surface area (Å²) in [5.74, 6) is -0.105. The molecule has 0 saturated carbocycles. The Labute approximate surface area is 119 Å². The van der Waals surface area contributed by atoms with Gasteiger partial charge >= 0.3 is 0 Å². The molecule has 0 radical (unpaired) electrons. The summed E-state index contributed by atoms with van der Waals surface area (Å²) in [6.07, 6.45) is 1.54. The Morgan fingerprint density at radius 1 is 1.50 bits per heavy atom. The Balaban J connectivity index is 2.08. The Bertz CT molecular complexity index is 665. The van der Waals surface area contributed by atoms with Crippen LogP contribution < -0.4 is 15.6 Å². The van der Waals surface area contributed by atoms with Gasteiger partial charge in [-0.1, -0.05) is 11.3 Å². The van der Waals surface area contributed by atoms with E-state index in [0.29, 0.717) is 11.7 Å². The average Bonchev–Trinajstić information content (AvgIpc) is 2.80. The first-order valence-corrected chi connectivity index (χ1v) is 6.84. The molecule has 20 heavy (non-hydrogen) atoms. The van der Waals surface area contributed by atoms with Crippen LogP contribution >= 0.6 is 11.3 Å². The first-order chi connectivity index (χ1) is 9.60. The van der Waals surface area contributed by atoms with Gasteiger partial charge in [0.05, 0.1) is 6.61 Å². The number of hydrogen-bond acceptors (Lipinski definition) is 6. The van der Waals surface area contributed by atoms with Crippen molar-refractivity contribution in [3.05, 3.63) is 33.7 Å². The highest BCUT2D eigenvalue weighted by Crippen LogP contribution is 2.13. The number of pyridine rings is 1. The largest absolute Gasteiger partial charge is 0.488 e. The van der Waals surface area contributed by atoms with E-state index in [-0.39, 0.29) is 23.8 Å². The van der Waals surface area contributed by atoms with Crippen molar-refractivity contribution in [3.63, 3.8) is 0 Å². The summed E-state index contributed by atoms with van der Waals surface area (Å²) in [7, 11) is 0. The molecule has 0 unspecified atom stereocenters. The van der Waals surface area contributed by atoms with Gasteiger partial charge < -0.3 is 9.30 Å². The summed E-state index contributed by atoms with van der Waals surface area (Å²) >= 11 is 1.28. The van der Waals surface area contributed by atoms with E-state index < -0.39 is 0 Å². The molecular weight excluding hydrogens is 280 g/mol. The van der Waals surface area contributed by atoms with Crippen LogP contribution in [0.25, 0.3) is 0 Å². The van der Waals surface area contributed by atoms with Gasteiger partial charge in [0.2, 0.25) is 11.0 Å². The number of amides is 1. The lowest BCUT2D eigenvalue weighted by Gasteiger charge is -2.07. The summed E-state index contributed by atoms with van der Waals surface area (Å²) < 4.78 is 6.48. The maximum absolute atomic E-state index is 12.0. The topological polar surface area (TPSA) is 86.1 Å². The van der Waals surface area contributed by atoms with Gasteiger partial charge in [0.25, 0.3) is 5.56 Å². The molecule has 2 aromatic rings. The minimum atomic E-state index is -0.336. The normalized spacial score (nSPS) is 10.3. The Morgan fingerprint density at radius 3 is 2.95 bits per heavy atom. The number of ether oxygens (including phenoxy) is 1. The molecule has 2 rings (SSSR count). The van der Waals surface area contributed by atoms with Gasteiger partial charge in [-0.05, 0) is 26.0 Å². The number of nitrogens with zero attached hydrogens (tertiary/aromatic N) is 3. The Kier molecular flexibility index (Phi) is 4.46. The number of carbonyl (C=O) groups is 1. The molecule has 7 nitrogen and oxygen atoms in total. The second-order valence-electron chi connectivity index (χ2n) is 3.91. The second kappa shape index (κ2) is 6.29.